The van der Waals surface area contributed by atoms with E-state index in [0.717, 1.165) is 30.6 Å². The zero-order valence-corrected chi connectivity index (χ0v) is 19.2. The molecule has 1 aliphatic heterocycles. The van der Waals surface area contributed by atoms with Crippen LogP contribution in [0.25, 0.3) is 21.8 Å². The van der Waals surface area contributed by atoms with E-state index >= 15 is 0 Å². The zero-order chi connectivity index (χ0) is 23.4. The summed E-state index contributed by atoms with van der Waals surface area (Å²) in [7, 11) is 1.75. The molecule has 0 radical (unpaired) electrons. The van der Waals surface area contributed by atoms with Crippen molar-refractivity contribution >= 4 is 27.8 Å². The van der Waals surface area contributed by atoms with Crippen molar-refractivity contribution < 1.29 is 4.42 Å². The van der Waals surface area contributed by atoms with Gasteiger partial charge in [0, 0.05) is 25.7 Å². The van der Waals surface area contributed by atoms with Crippen molar-refractivity contribution in [2.75, 3.05) is 18.0 Å². The molecule has 0 aliphatic carbocycles. The maximum absolute atomic E-state index is 13.3. The second-order valence-electron chi connectivity index (χ2n) is 9.08. The Morgan fingerprint density at radius 3 is 2.61 bits per heavy atom. The first-order chi connectivity index (χ1) is 15.8. The van der Waals surface area contributed by atoms with Gasteiger partial charge in [0.2, 0.25) is 5.95 Å². The third-order valence-electron chi connectivity index (χ3n) is 6.63. The van der Waals surface area contributed by atoms with Gasteiger partial charge in [-0.2, -0.15) is 0 Å². The van der Waals surface area contributed by atoms with Crippen LogP contribution in [0.5, 0.6) is 0 Å². The summed E-state index contributed by atoms with van der Waals surface area (Å²) in [6.45, 7) is 7.65. The van der Waals surface area contributed by atoms with Gasteiger partial charge in [-0.1, -0.05) is 25.1 Å². The van der Waals surface area contributed by atoms with E-state index in [9.17, 15) is 14.4 Å². The molecule has 0 spiro atoms. The van der Waals surface area contributed by atoms with Gasteiger partial charge in [0.05, 0.1) is 27.8 Å². The van der Waals surface area contributed by atoms with Gasteiger partial charge in [-0.3, -0.25) is 13.9 Å². The Morgan fingerprint density at radius 2 is 1.88 bits per heavy atom. The van der Waals surface area contributed by atoms with Crippen molar-refractivity contribution in [3.63, 3.8) is 0 Å². The second kappa shape index (κ2) is 7.72. The number of hydrogen-bond donors (Lipinski definition) is 0. The number of nitrogens with zero attached hydrogens (tertiary/aromatic N) is 4. The second-order valence-corrected chi connectivity index (χ2v) is 9.08. The molecule has 1 saturated heterocycles. The number of aromatic nitrogens is 3. The molecule has 1 fully saturated rings. The standard InChI is InChI=1S/C25H26N4O4/c1-14-9-10-28(13-14)24-26-21-18(11-15(2)12-19(21)22(30)27(24)4)16(3)29-20-8-6-5-7-17(20)23(31)33-25(29)32/h5-8,11-12,14,16H,9-10,13H2,1-4H3. The van der Waals surface area contributed by atoms with Gasteiger partial charge in [0.15, 0.2) is 0 Å². The third-order valence-corrected chi connectivity index (χ3v) is 6.63. The minimum atomic E-state index is -0.738. The number of fused-ring (bicyclic) bond motifs is 2. The highest BCUT2D eigenvalue weighted by atomic mass is 16.4. The van der Waals surface area contributed by atoms with Crippen LogP contribution in [-0.2, 0) is 7.05 Å². The molecule has 8 heteroatoms. The van der Waals surface area contributed by atoms with Crippen LogP contribution in [0.3, 0.4) is 0 Å². The van der Waals surface area contributed by atoms with E-state index in [0.29, 0.717) is 33.7 Å². The van der Waals surface area contributed by atoms with Crippen LogP contribution in [0, 0.1) is 12.8 Å². The van der Waals surface area contributed by atoms with E-state index in [1.807, 2.05) is 26.0 Å². The maximum atomic E-state index is 13.3. The number of benzene rings is 2. The topological polar surface area (TPSA) is 90.3 Å². The highest BCUT2D eigenvalue weighted by Crippen LogP contribution is 2.29. The zero-order valence-electron chi connectivity index (χ0n) is 19.2. The van der Waals surface area contributed by atoms with Crippen LogP contribution in [-0.4, -0.2) is 27.2 Å². The molecule has 2 unspecified atom stereocenters. The molecular weight excluding hydrogens is 420 g/mol. The molecule has 8 nitrogen and oxygen atoms in total. The fraction of sp³-hybridized carbons (Fsp3) is 0.360. The molecule has 170 valence electrons. The summed E-state index contributed by atoms with van der Waals surface area (Å²) < 4.78 is 8.09. The summed E-state index contributed by atoms with van der Waals surface area (Å²) >= 11 is 0. The minimum absolute atomic E-state index is 0.122. The predicted molar refractivity (Wildman–Crippen MR) is 128 cm³/mol. The fourth-order valence-corrected chi connectivity index (χ4v) is 4.90. The van der Waals surface area contributed by atoms with E-state index in [4.69, 9.17) is 9.40 Å². The van der Waals surface area contributed by atoms with Gasteiger partial charge < -0.3 is 9.32 Å². The lowest BCUT2D eigenvalue weighted by molar-refractivity contribution is 0.406. The number of anilines is 1. The van der Waals surface area contributed by atoms with Gasteiger partial charge >= 0.3 is 11.4 Å². The maximum Gasteiger partial charge on any atom is 0.422 e. The Kier molecular flexibility index (Phi) is 4.96. The molecule has 2 aromatic heterocycles. The summed E-state index contributed by atoms with van der Waals surface area (Å²) in [6, 6.07) is 10.1. The molecule has 33 heavy (non-hydrogen) atoms. The summed E-state index contributed by atoms with van der Waals surface area (Å²) in [5.74, 6) is 0.426. The van der Waals surface area contributed by atoms with E-state index < -0.39 is 17.4 Å². The number of rotatable bonds is 3. The van der Waals surface area contributed by atoms with Crippen LogP contribution < -0.4 is 21.8 Å². The van der Waals surface area contributed by atoms with E-state index in [-0.39, 0.29) is 5.56 Å². The Hall–Kier alpha value is -3.68. The van der Waals surface area contributed by atoms with Crippen molar-refractivity contribution in [3.05, 3.63) is 78.8 Å². The molecule has 2 aromatic carbocycles. The highest BCUT2D eigenvalue weighted by Gasteiger charge is 2.25. The minimum Gasteiger partial charge on any atom is -0.372 e. The highest BCUT2D eigenvalue weighted by molar-refractivity contribution is 5.84. The average Bonchev–Trinajstić information content (AvgIpc) is 3.22. The molecular formula is C25H26N4O4. The molecule has 3 heterocycles. The van der Waals surface area contributed by atoms with E-state index in [2.05, 4.69) is 11.8 Å². The largest absolute Gasteiger partial charge is 0.422 e. The summed E-state index contributed by atoms with van der Waals surface area (Å²) in [5.41, 5.74) is 1.89. The molecule has 0 amide bonds. The molecule has 1 aliphatic rings. The van der Waals surface area contributed by atoms with E-state index in [1.165, 1.54) is 4.57 Å². The summed E-state index contributed by atoms with van der Waals surface area (Å²) in [6.07, 6.45) is 1.05. The number of para-hydroxylation sites is 1. The molecule has 0 bridgehead atoms. The molecule has 5 rings (SSSR count). The first-order valence-corrected chi connectivity index (χ1v) is 11.2. The first kappa shape index (κ1) is 21.2. The van der Waals surface area contributed by atoms with Crippen LogP contribution >= 0.6 is 0 Å². The normalized spacial score (nSPS) is 17.2. The van der Waals surface area contributed by atoms with Gasteiger partial charge in [-0.25, -0.2) is 14.6 Å². The smallest absolute Gasteiger partial charge is 0.372 e. The van der Waals surface area contributed by atoms with Crippen molar-refractivity contribution in [3.8, 4) is 0 Å². The molecule has 4 aromatic rings. The van der Waals surface area contributed by atoms with Crippen LogP contribution in [0.4, 0.5) is 5.95 Å². The Bertz CT molecular complexity index is 1580. The molecule has 2 atom stereocenters. The first-order valence-electron chi connectivity index (χ1n) is 11.2. The lowest BCUT2D eigenvalue weighted by atomic mass is 10.0. The Balaban J connectivity index is 1.80. The number of hydrogen-bond acceptors (Lipinski definition) is 6. The predicted octanol–water partition coefficient (Wildman–Crippen LogP) is 2.97. The Labute approximate surface area is 189 Å². The van der Waals surface area contributed by atoms with E-state index in [1.54, 1.807) is 35.9 Å². The van der Waals surface area contributed by atoms with Crippen molar-refractivity contribution in [2.45, 2.75) is 33.2 Å². The monoisotopic (exact) mass is 446 g/mol. The SMILES string of the molecule is Cc1cc(C(C)n2c(=O)oc(=O)c3ccccc32)c2nc(N3CCC(C)C3)n(C)c(=O)c2c1. The average molecular weight is 447 g/mol. The lowest BCUT2D eigenvalue weighted by Crippen LogP contribution is -2.31. The van der Waals surface area contributed by atoms with Crippen LogP contribution in [0.2, 0.25) is 0 Å². The third kappa shape index (κ3) is 3.37. The fourth-order valence-electron chi connectivity index (χ4n) is 4.90. The van der Waals surface area contributed by atoms with Crippen LogP contribution in [0.15, 0.2) is 55.2 Å². The van der Waals surface area contributed by atoms with Gasteiger partial charge in [-0.15, -0.1) is 0 Å². The Morgan fingerprint density at radius 1 is 1.12 bits per heavy atom. The van der Waals surface area contributed by atoms with Crippen molar-refractivity contribution in [2.24, 2.45) is 13.0 Å². The molecule has 0 N–H and O–H groups in total. The van der Waals surface area contributed by atoms with Gasteiger partial charge in [0.1, 0.15) is 0 Å². The van der Waals surface area contributed by atoms with Crippen LogP contribution in [0.1, 0.15) is 37.4 Å². The quantitative estimate of drug-likeness (QED) is 0.481. The van der Waals surface area contributed by atoms with Gasteiger partial charge in [-0.05, 0) is 49.9 Å². The van der Waals surface area contributed by atoms with Gasteiger partial charge in [0.25, 0.3) is 5.56 Å². The lowest BCUT2D eigenvalue weighted by Gasteiger charge is -2.23. The summed E-state index contributed by atoms with van der Waals surface area (Å²) in [4.78, 5) is 45.5. The summed E-state index contributed by atoms with van der Waals surface area (Å²) in [5, 5.41) is 0.835. The van der Waals surface area contributed by atoms with Crippen molar-refractivity contribution in [1.82, 2.24) is 14.1 Å². The van der Waals surface area contributed by atoms with Crippen molar-refractivity contribution in [1.29, 1.82) is 0 Å². The number of aryl methyl sites for hydroxylation is 1. The molecule has 0 saturated carbocycles.